The van der Waals surface area contributed by atoms with Gasteiger partial charge in [-0.05, 0) is 97.1 Å². The Morgan fingerprint density at radius 2 is 0.569 bits per heavy atom. The average molecular weight is 833 g/mol. The van der Waals surface area contributed by atoms with Crippen LogP contribution in [0.25, 0.3) is 76.9 Å². The number of nitrogens with zero attached hydrogens (tertiary/aromatic N) is 4. The molecule has 0 aliphatic rings. The number of para-hydroxylation sites is 8. The average Bonchev–Trinajstić information content (AvgIpc) is 4.04. The van der Waals surface area contributed by atoms with Crippen molar-refractivity contribution in [3.8, 4) is 11.4 Å². The monoisotopic (exact) mass is 832 g/mol. The molecule has 0 N–H and O–H groups in total. The van der Waals surface area contributed by atoms with Crippen LogP contribution < -0.4 is 9.80 Å². The van der Waals surface area contributed by atoms with Gasteiger partial charge in [-0.1, -0.05) is 146 Å². The molecule has 5 heteroatoms. The number of aromatic nitrogens is 2. The Morgan fingerprint density at radius 3 is 0.908 bits per heavy atom. The zero-order valence-electron chi connectivity index (χ0n) is 35.3. The molecule has 0 spiro atoms. The molecule has 10 aromatic carbocycles. The number of hydrogen-bond donors (Lipinski definition) is 0. The van der Waals surface area contributed by atoms with E-state index in [0.29, 0.717) is 0 Å². The van der Waals surface area contributed by atoms with Gasteiger partial charge in [-0.15, -0.1) is 0 Å². The number of anilines is 6. The Balaban J connectivity index is 1.32. The topological polar surface area (TPSA) is 29.5 Å². The smallest absolute Gasteiger partial charge is 0.147 e. The molecule has 5 nitrogen and oxygen atoms in total. The van der Waals surface area contributed by atoms with Crippen LogP contribution >= 0.6 is 0 Å². The molecule has 3 aromatic heterocycles. The van der Waals surface area contributed by atoms with E-state index in [1.54, 1.807) is 0 Å². The van der Waals surface area contributed by atoms with E-state index in [-0.39, 0.29) is 0 Å². The summed E-state index contributed by atoms with van der Waals surface area (Å²) < 4.78 is 12.6. The molecule has 0 saturated heterocycles. The molecule has 0 unspecified atom stereocenters. The van der Waals surface area contributed by atoms with Crippen molar-refractivity contribution in [1.82, 2.24) is 9.13 Å². The zero-order valence-corrected chi connectivity index (χ0v) is 35.3. The molecule has 3 heterocycles. The number of furan rings is 1. The van der Waals surface area contributed by atoms with E-state index in [4.69, 9.17) is 4.42 Å². The number of fused-ring (bicyclic) bond motifs is 11. The summed E-state index contributed by atoms with van der Waals surface area (Å²) >= 11 is 0. The minimum Gasteiger partial charge on any atom is -0.454 e. The van der Waals surface area contributed by atoms with Gasteiger partial charge in [0.05, 0.1) is 55.0 Å². The Morgan fingerprint density at radius 1 is 0.277 bits per heavy atom. The molecule has 0 fully saturated rings. The lowest BCUT2D eigenvalue weighted by molar-refractivity contribution is 0.677. The van der Waals surface area contributed by atoms with E-state index >= 15 is 0 Å². The predicted molar refractivity (Wildman–Crippen MR) is 272 cm³/mol. The summed E-state index contributed by atoms with van der Waals surface area (Å²) in [4.78, 5) is 4.81. The second-order valence-electron chi connectivity index (χ2n) is 16.5. The molecular weight excluding hydrogens is 793 g/mol. The zero-order chi connectivity index (χ0) is 42.8. The molecule has 0 aliphatic carbocycles. The third kappa shape index (κ3) is 5.72. The van der Waals surface area contributed by atoms with Crippen LogP contribution in [0.3, 0.4) is 0 Å². The lowest BCUT2D eigenvalue weighted by Crippen LogP contribution is -2.12. The van der Waals surface area contributed by atoms with Crippen molar-refractivity contribution in [2.75, 3.05) is 9.80 Å². The summed E-state index contributed by atoms with van der Waals surface area (Å²) in [5.74, 6) is 0. The maximum atomic E-state index is 7.84. The fourth-order valence-electron chi connectivity index (χ4n) is 10.2. The van der Waals surface area contributed by atoms with E-state index in [1.807, 2.05) is 0 Å². The summed E-state index contributed by atoms with van der Waals surface area (Å²) in [7, 11) is 0. The van der Waals surface area contributed by atoms with Gasteiger partial charge in [0, 0.05) is 44.9 Å². The van der Waals surface area contributed by atoms with E-state index in [9.17, 15) is 0 Å². The Hall–Kier alpha value is -8.80. The van der Waals surface area contributed by atoms with Crippen LogP contribution in [0.4, 0.5) is 34.1 Å². The van der Waals surface area contributed by atoms with E-state index in [2.05, 4.69) is 262 Å². The number of hydrogen-bond acceptors (Lipinski definition) is 3. The van der Waals surface area contributed by atoms with Gasteiger partial charge in [0.1, 0.15) is 11.2 Å². The maximum absolute atomic E-state index is 7.84. The Kier molecular flexibility index (Phi) is 8.46. The molecule has 13 aromatic rings. The molecular formula is C60H40N4O. The summed E-state index contributed by atoms with van der Waals surface area (Å²) in [5.41, 5.74) is 14.4. The SMILES string of the molecule is c1ccc(N(c2ccccc2)c2cc3c(c4ccccc4n3-c3ccccc3)c3oc4c(c(N(c5ccccc5)c5ccccc5)cc5c4c4ccccc4n5-c4ccccc4)c23)cc1. The van der Waals surface area contributed by atoms with Crippen molar-refractivity contribution in [3.63, 3.8) is 0 Å². The van der Waals surface area contributed by atoms with Crippen molar-refractivity contribution in [2.24, 2.45) is 0 Å². The van der Waals surface area contributed by atoms with E-state index < -0.39 is 0 Å². The van der Waals surface area contributed by atoms with Crippen LogP contribution in [0.15, 0.2) is 247 Å². The largest absolute Gasteiger partial charge is 0.454 e. The quantitative estimate of drug-likeness (QED) is 0.153. The number of benzene rings is 10. The van der Waals surface area contributed by atoms with Gasteiger partial charge in [-0.3, -0.25) is 0 Å². The second-order valence-corrected chi connectivity index (χ2v) is 16.5. The molecule has 0 saturated carbocycles. The molecule has 0 aliphatic heterocycles. The minimum atomic E-state index is 0.835. The van der Waals surface area contributed by atoms with Gasteiger partial charge in [0.2, 0.25) is 0 Å². The first kappa shape index (κ1) is 36.8. The van der Waals surface area contributed by atoms with Gasteiger partial charge >= 0.3 is 0 Å². The van der Waals surface area contributed by atoms with Crippen LogP contribution in [0, 0.1) is 0 Å². The van der Waals surface area contributed by atoms with Crippen molar-refractivity contribution >= 4 is 99.7 Å². The second kappa shape index (κ2) is 14.9. The molecule has 306 valence electrons. The first-order valence-corrected chi connectivity index (χ1v) is 22.1. The standard InChI is InChI=1S/C60H40N4O/c1-7-23-41(24-8-1)61(42-25-9-2-10-26-42)53-39-51-55(47-35-19-21-37-49(47)63(51)45-31-15-5-16-32-45)59-57(53)58-54(62(43-27-11-3-12-28-43)44-29-13-4-14-30-44)40-52-56(60(58)65-59)48-36-20-22-38-50(48)64(52)46-33-17-6-18-34-46/h1-40H. The van der Waals surface area contributed by atoms with Gasteiger partial charge in [0.15, 0.2) is 0 Å². The van der Waals surface area contributed by atoms with Gasteiger partial charge < -0.3 is 23.4 Å². The van der Waals surface area contributed by atoms with Crippen LogP contribution in [0.1, 0.15) is 0 Å². The highest BCUT2D eigenvalue weighted by molar-refractivity contribution is 6.35. The predicted octanol–water partition coefficient (Wildman–Crippen LogP) is 16.7. The molecule has 0 amide bonds. The fraction of sp³-hybridized carbons (Fsp3) is 0. The Bertz CT molecular complexity index is 3530. The van der Waals surface area contributed by atoms with Crippen LogP contribution in [-0.4, -0.2) is 9.13 Å². The third-order valence-corrected chi connectivity index (χ3v) is 12.8. The van der Waals surface area contributed by atoms with Gasteiger partial charge in [-0.2, -0.15) is 0 Å². The number of rotatable bonds is 8. The van der Waals surface area contributed by atoms with Crippen molar-refractivity contribution in [2.45, 2.75) is 0 Å². The van der Waals surface area contributed by atoms with Crippen LogP contribution in [-0.2, 0) is 0 Å². The molecule has 0 radical (unpaired) electrons. The summed E-state index contributed by atoms with van der Waals surface area (Å²) in [6, 6.07) is 86.6. The summed E-state index contributed by atoms with van der Waals surface area (Å²) in [6.07, 6.45) is 0. The molecule has 13 rings (SSSR count). The highest BCUT2D eigenvalue weighted by Crippen LogP contribution is 2.54. The van der Waals surface area contributed by atoms with Gasteiger partial charge in [0.25, 0.3) is 0 Å². The van der Waals surface area contributed by atoms with Crippen LogP contribution in [0.2, 0.25) is 0 Å². The van der Waals surface area contributed by atoms with E-state index in [0.717, 1.165) is 111 Å². The first-order chi connectivity index (χ1) is 32.3. The highest BCUT2D eigenvalue weighted by Gasteiger charge is 2.31. The highest BCUT2D eigenvalue weighted by atomic mass is 16.3. The first-order valence-electron chi connectivity index (χ1n) is 22.1. The van der Waals surface area contributed by atoms with Gasteiger partial charge in [-0.25, -0.2) is 0 Å². The third-order valence-electron chi connectivity index (χ3n) is 12.8. The van der Waals surface area contributed by atoms with Crippen molar-refractivity contribution in [3.05, 3.63) is 243 Å². The van der Waals surface area contributed by atoms with Crippen molar-refractivity contribution < 1.29 is 4.42 Å². The maximum Gasteiger partial charge on any atom is 0.147 e. The normalized spacial score (nSPS) is 11.7. The fourth-order valence-corrected chi connectivity index (χ4v) is 10.2. The lowest BCUT2D eigenvalue weighted by Gasteiger charge is -2.28. The van der Waals surface area contributed by atoms with Crippen LogP contribution in [0.5, 0.6) is 0 Å². The lowest BCUT2D eigenvalue weighted by atomic mass is 10.00. The molecule has 0 atom stereocenters. The summed E-state index contributed by atoms with van der Waals surface area (Å²) in [6.45, 7) is 0. The summed E-state index contributed by atoms with van der Waals surface area (Å²) in [5, 5.41) is 6.44. The van der Waals surface area contributed by atoms with E-state index in [1.165, 1.54) is 0 Å². The molecule has 65 heavy (non-hydrogen) atoms. The molecule has 0 bridgehead atoms. The minimum absolute atomic E-state index is 0.835. The van der Waals surface area contributed by atoms with Crippen molar-refractivity contribution in [1.29, 1.82) is 0 Å². The Labute approximate surface area is 375 Å².